The second-order valence-corrected chi connectivity index (χ2v) is 1.18. The van der Waals surface area contributed by atoms with Crippen molar-refractivity contribution in [1.82, 2.24) is 0 Å². The summed E-state index contributed by atoms with van der Waals surface area (Å²) < 4.78 is 4.82. The second kappa shape index (κ2) is 436. The van der Waals surface area contributed by atoms with Crippen molar-refractivity contribution in [2.75, 3.05) is 6.61 Å². The number of rotatable bonds is 0. The first-order valence-electron chi connectivity index (χ1n) is 1.93. The molecule has 1 nitrogen and oxygen atoms in total. The molecule has 0 saturated carbocycles. The molecular weight excluding hydrogens is 2410 g/mol. The first kappa shape index (κ1) is 453. The van der Waals surface area contributed by atoms with Crippen LogP contribution in [0.15, 0.2) is 0 Å². The van der Waals surface area contributed by atoms with Crippen LogP contribution in [0.1, 0.15) is 12.8 Å². The Labute approximate surface area is 860 Å². The van der Waals surface area contributed by atoms with Gasteiger partial charge in [-0.2, -0.15) is 6.42 Å². The Bertz CT molecular complexity index is 38.8. The average molecular weight is 2410 g/mol. The number of ether oxygens (including phenoxy) is 1. The summed E-state index contributed by atoms with van der Waals surface area (Å²) in [6.07, 6.45) is 2.38. The summed E-state index contributed by atoms with van der Waals surface area (Å²) in [4.78, 5) is 0. The van der Waals surface area contributed by atoms with Gasteiger partial charge in [0.2, 0.25) is 0 Å². The summed E-state index contributed by atoms with van der Waals surface area (Å²) in [7, 11) is 0. The fraction of sp³-hybridized carbons (Fsp3) is 0.750. The van der Waals surface area contributed by atoms with Crippen molar-refractivity contribution in [1.29, 1.82) is 0 Å². The van der Waals surface area contributed by atoms with Crippen LogP contribution in [0, 0.1) is 6.61 Å². The molecule has 1 fully saturated rings. The monoisotopic (exact) mass is 2410 g/mol. The minimum atomic E-state index is 0. The maximum absolute atomic E-state index is 4.82. The average Bonchev–Trinajstić information content (AvgIpc) is 1.76. The Hall–Kier alpha value is 26.8. The van der Waals surface area contributed by atoms with Crippen molar-refractivity contribution < 1.29 is 858 Å². The van der Waals surface area contributed by atoms with Gasteiger partial charge in [-0.3, -0.25) is 0 Å². The van der Waals surface area contributed by atoms with Gasteiger partial charge in [-0.05, 0) is 0 Å². The zero-order chi connectivity index (χ0) is 3.54. The van der Waals surface area contributed by atoms with Crippen molar-refractivity contribution in [3.63, 3.8) is 0 Å². The molecule has 1 saturated heterocycles. The van der Waals surface area contributed by atoms with Crippen LogP contribution in [0.25, 0.3) is 0 Å². The van der Waals surface area contributed by atoms with E-state index in [0.717, 1.165) is 13.0 Å². The Morgan fingerprint density at radius 1 is 0.176 bits per heavy atom. The maximum Gasteiger partial charge on any atom is 0.00878 e. The van der Waals surface area contributed by atoms with Gasteiger partial charge in [0.1, 0.15) is 0 Å². The molecule has 1 heterocycles. The zero-order valence-corrected chi connectivity index (χ0v) is 87.9. The molecular formula is C4H7OV46-. The molecule has 0 aliphatic carbocycles. The van der Waals surface area contributed by atoms with Crippen molar-refractivity contribution in [2.45, 2.75) is 12.8 Å². The first-order chi connectivity index (χ1) is 2.50. The molecule has 0 spiro atoms. The summed E-state index contributed by atoms with van der Waals surface area (Å²) in [6, 6.07) is 0. The van der Waals surface area contributed by atoms with E-state index in [1.807, 2.05) is 6.61 Å². The Morgan fingerprint density at radius 3 is 0.294 bits per heavy atom. The molecule has 46 radical (unpaired) electrons. The van der Waals surface area contributed by atoms with Gasteiger partial charge in [0.05, 0.1) is 0 Å². The minimum Gasteiger partial charge on any atom is -0.552 e. The van der Waals surface area contributed by atoms with Gasteiger partial charge in [0, 0.05) is 860 Å². The summed E-state index contributed by atoms with van der Waals surface area (Å²) >= 11 is 0. The Balaban J connectivity index is -0.000000000124. The van der Waals surface area contributed by atoms with Crippen molar-refractivity contribution in [2.24, 2.45) is 0 Å². The largest absolute Gasteiger partial charge is 0.552 e. The molecule has 0 unspecified atom stereocenters. The van der Waals surface area contributed by atoms with E-state index in [0.29, 0.717) is 0 Å². The third-order valence-corrected chi connectivity index (χ3v) is 0.702. The molecule has 0 bridgehead atoms. The Kier molecular flexibility index (Phi) is 3870. The van der Waals surface area contributed by atoms with E-state index >= 15 is 0 Å². The van der Waals surface area contributed by atoms with Crippen LogP contribution >= 0.6 is 0 Å². The second-order valence-electron chi connectivity index (χ2n) is 1.18. The molecule has 1 aliphatic rings. The van der Waals surface area contributed by atoms with Crippen LogP contribution in [-0.4, -0.2) is 6.61 Å². The summed E-state index contributed by atoms with van der Waals surface area (Å²) in [5.41, 5.74) is 0. The molecule has 260 valence electrons. The van der Waals surface area contributed by atoms with E-state index in [1.165, 1.54) is 6.42 Å². The van der Waals surface area contributed by atoms with Crippen LogP contribution in [0.2, 0.25) is 0 Å². The van der Waals surface area contributed by atoms with Gasteiger partial charge in [-0.15, -0.1) is 0 Å². The van der Waals surface area contributed by atoms with Crippen LogP contribution in [0.3, 0.4) is 0 Å². The van der Waals surface area contributed by atoms with Gasteiger partial charge in [-0.1, -0.05) is 6.42 Å². The molecule has 1 aliphatic heterocycles. The smallest absolute Gasteiger partial charge is 0.00878 e. The third-order valence-electron chi connectivity index (χ3n) is 0.702. The van der Waals surface area contributed by atoms with Crippen LogP contribution in [-0.2, 0) is 858 Å². The van der Waals surface area contributed by atoms with E-state index in [4.69, 9.17) is 4.74 Å². The molecule has 0 aromatic rings. The van der Waals surface area contributed by atoms with Crippen LogP contribution in [0.5, 0.6) is 0 Å². The first-order valence-corrected chi connectivity index (χ1v) is 1.93. The van der Waals surface area contributed by atoms with Crippen molar-refractivity contribution >= 4 is 0 Å². The van der Waals surface area contributed by atoms with E-state index in [9.17, 15) is 0 Å². The van der Waals surface area contributed by atoms with Gasteiger partial charge in [0.15, 0.2) is 0 Å². The predicted octanol–water partition coefficient (Wildman–Crippen LogP) is 0.844. The molecule has 0 aromatic carbocycles. The SMILES string of the molecule is [CH-]1CCCO1.[V].[V].[V].[V].[V].[V].[V].[V].[V].[V].[V].[V].[V].[V].[V].[V].[V].[V].[V].[V].[V].[V].[V].[V].[V].[V].[V].[V].[V].[V].[V].[V].[V].[V].[V].[V].[V].[V].[V].[V].[V].[V].[V].[V].[V].[V]. The number of hydrogen-bond donors (Lipinski definition) is 0. The standard InChI is InChI=1S/C4H7O.46V/c1-2-4-5-3-1;;;;;;;;;;;;;;;;;;;;;;;;;;;;;;;;;;;;;;;;;;;;;;/h3H,1-2,4H2;;;;;;;;;;;;;;;;;;;;;;;;;;;;;;;;;;;;;;;;;;;;;;/q-1;;;;;;;;;;;;;;;;;;;;;;;;;;;;;;;;;;;;;;;;;;;;;;. The van der Waals surface area contributed by atoms with Gasteiger partial charge in [-0.25, -0.2) is 6.61 Å². The van der Waals surface area contributed by atoms with E-state index in [2.05, 4.69) is 0 Å². The topological polar surface area (TPSA) is 9.23 Å². The quantitative estimate of drug-likeness (QED) is 0.328. The van der Waals surface area contributed by atoms with Crippen LogP contribution < -0.4 is 0 Å². The van der Waals surface area contributed by atoms with E-state index in [1.54, 1.807) is 0 Å². The zero-order valence-electron chi connectivity index (χ0n) is 23.7. The molecule has 0 atom stereocenters. The fourth-order valence-corrected chi connectivity index (χ4v) is 0.417. The molecule has 0 aromatic heterocycles. The molecule has 0 amide bonds. The third kappa shape index (κ3) is 424. The molecule has 51 heavy (non-hydrogen) atoms. The molecule has 47 heteroatoms. The maximum atomic E-state index is 4.82. The predicted molar refractivity (Wildman–Crippen MR) is 19.5 cm³/mol. The van der Waals surface area contributed by atoms with Crippen molar-refractivity contribution in [3.8, 4) is 0 Å². The Morgan fingerprint density at radius 2 is 0.275 bits per heavy atom. The van der Waals surface area contributed by atoms with Gasteiger partial charge >= 0.3 is 0 Å². The fourth-order valence-electron chi connectivity index (χ4n) is 0.417. The summed E-state index contributed by atoms with van der Waals surface area (Å²) in [6.45, 7) is 2.81. The van der Waals surface area contributed by atoms with Gasteiger partial charge in [0.25, 0.3) is 0 Å². The molecule has 0 N–H and O–H groups in total. The number of hydrogen-bond acceptors (Lipinski definition) is 1. The van der Waals surface area contributed by atoms with Gasteiger partial charge < -0.3 is 4.74 Å². The summed E-state index contributed by atoms with van der Waals surface area (Å²) in [5.74, 6) is 0. The molecule has 1 rings (SSSR count). The normalized spacial score (nSPS) is 2.35. The van der Waals surface area contributed by atoms with E-state index in [-0.39, 0.29) is 854 Å². The van der Waals surface area contributed by atoms with E-state index < -0.39 is 0 Å². The van der Waals surface area contributed by atoms with Crippen LogP contribution in [0.4, 0.5) is 0 Å². The minimum absolute atomic E-state index is 0. The van der Waals surface area contributed by atoms with Crippen molar-refractivity contribution in [3.05, 3.63) is 6.61 Å². The summed E-state index contributed by atoms with van der Waals surface area (Å²) in [5, 5.41) is 0.